The Labute approximate surface area is 155 Å². The number of pyridine rings is 1. The number of rotatable bonds is 3. The van der Waals surface area contributed by atoms with E-state index in [2.05, 4.69) is 26.6 Å². The molecule has 25 heavy (non-hydrogen) atoms. The Bertz CT molecular complexity index is 801. The van der Waals surface area contributed by atoms with Crippen LogP contribution in [0.15, 0.2) is 18.3 Å². The Hall–Kier alpha value is -1.31. The van der Waals surface area contributed by atoms with Crippen LogP contribution in [0.25, 0.3) is 10.1 Å². The average molecular weight is 375 g/mol. The molecular formula is C18H22N4OS2. The van der Waals surface area contributed by atoms with Crippen LogP contribution in [0.3, 0.4) is 0 Å². The molecule has 7 heteroatoms. The second-order valence-electron chi connectivity index (χ2n) is 7.15. The smallest absolute Gasteiger partial charge is 0.270 e. The Kier molecular flexibility index (Phi) is 4.10. The highest BCUT2D eigenvalue weighted by Gasteiger charge is 2.39. The predicted molar refractivity (Wildman–Crippen MR) is 105 cm³/mol. The third-order valence-electron chi connectivity index (χ3n) is 5.56. The number of carbonyl (C=O) groups excluding carboxylic acids is 1. The van der Waals surface area contributed by atoms with Crippen LogP contribution in [0.4, 0.5) is 5.00 Å². The molecule has 3 aliphatic heterocycles. The number of thioether (sulfide) groups is 1. The number of nitrogens with one attached hydrogen (secondary N) is 2. The lowest BCUT2D eigenvalue weighted by molar-refractivity contribution is 0.0926. The van der Waals surface area contributed by atoms with Crippen LogP contribution in [-0.4, -0.2) is 53.6 Å². The van der Waals surface area contributed by atoms with Crippen LogP contribution in [0.1, 0.15) is 29.8 Å². The summed E-state index contributed by atoms with van der Waals surface area (Å²) >= 11 is 3.79. The number of anilines is 1. The van der Waals surface area contributed by atoms with Crippen molar-refractivity contribution in [2.45, 2.75) is 37.4 Å². The van der Waals surface area contributed by atoms with E-state index in [-0.39, 0.29) is 11.9 Å². The predicted octanol–water partition coefficient (Wildman–Crippen LogP) is 2.47. The van der Waals surface area contributed by atoms with Crippen molar-refractivity contribution >= 4 is 44.1 Å². The molecule has 2 N–H and O–H groups in total. The van der Waals surface area contributed by atoms with Crippen LogP contribution in [-0.2, 0) is 0 Å². The molecule has 3 saturated heterocycles. The topological polar surface area (TPSA) is 57.3 Å². The van der Waals surface area contributed by atoms with Crippen LogP contribution < -0.4 is 15.5 Å². The van der Waals surface area contributed by atoms with Gasteiger partial charge in [-0.3, -0.25) is 9.78 Å². The third-order valence-corrected chi connectivity index (χ3v) is 7.66. The van der Waals surface area contributed by atoms with E-state index in [1.54, 1.807) is 11.3 Å². The van der Waals surface area contributed by atoms with E-state index in [9.17, 15) is 4.79 Å². The second kappa shape index (κ2) is 6.45. The lowest BCUT2D eigenvalue weighted by atomic mass is 9.95. The quantitative estimate of drug-likeness (QED) is 0.864. The Morgan fingerprint density at radius 1 is 1.28 bits per heavy atom. The molecule has 2 bridgehead atoms. The number of thiophene rings is 1. The minimum absolute atomic E-state index is 0.0365. The monoisotopic (exact) mass is 374 g/mol. The fraction of sp³-hybridized carbons (Fsp3) is 0.556. The number of carbonyl (C=O) groups is 1. The highest BCUT2D eigenvalue weighted by atomic mass is 32.2. The third kappa shape index (κ3) is 3.02. The maximum atomic E-state index is 12.6. The van der Waals surface area contributed by atoms with Crippen LogP contribution in [0.2, 0.25) is 0 Å². The van der Waals surface area contributed by atoms with Gasteiger partial charge in [-0.2, -0.15) is 11.8 Å². The first-order valence-electron chi connectivity index (χ1n) is 9.05. The summed E-state index contributed by atoms with van der Waals surface area (Å²) in [4.78, 5) is 19.5. The maximum Gasteiger partial charge on any atom is 0.270 e. The molecule has 3 atom stereocenters. The van der Waals surface area contributed by atoms with E-state index in [1.165, 1.54) is 29.3 Å². The van der Waals surface area contributed by atoms with Gasteiger partial charge in [-0.25, -0.2) is 0 Å². The van der Waals surface area contributed by atoms with Gasteiger partial charge in [-0.05, 0) is 31.4 Å². The summed E-state index contributed by atoms with van der Waals surface area (Å²) in [6.07, 6.45) is 5.31. The lowest BCUT2D eigenvalue weighted by Gasteiger charge is -2.26. The zero-order valence-electron chi connectivity index (χ0n) is 14.0. The summed E-state index contributed by atoms with van der Waals surface area (Å²) in [6, 6.07) is 5.47. The van der Waals surface area contributed by atoms with Crippen molar-refractivity contribution in [1.82, 2.24) is 15.6 Å². The molecule has 0 unspecified atom stereocenters. The number of hydrogen-bond donors (Lipinski definition) is 2. The SMILES string of the molecule is O=C(N[C@@H]1C[C@H]2CC[C@@H]1N2)c1cc2sc(N3CCSCC3)cc2cn1. The minimum atomic E-state index is -0.0365. The van der Waals surface area contributed by atoms with Crippen molar-refractivity contribution in [2.75, 3.05) is 29.5 Å². The van der Waals surface area contributed by atoms with Crippen LogP contribution in [0, 0.1) is 0 Å². The van der Waals surface area contributed by atoms with Gasteiger partial charge in [0.15, 0.2) is 0 Å². The molecule has 0 radical (unpaired) electrons. The summed E-state index contributed by atoms with van der Waals surface area (Å²) < 4.78 is 1.15. The van der Waals surface area contributed by atoms with Gasteiger partial charge >= 0.3 is 0 Å². The molecule has 3 fully saturated rings. The summed E-state index contributed by atoms with van der Waals surface area (Å²) in [6.45, 7) is 2.21. The fourth-order valence-electron chi connectivity index (χ4n) is 4.21. The summed E-state index contributed by atoms with van der Waals surface area (Å²) in [5, 5.41) is 9.19. The summed E-state index contributed by atoms with van der Waals surface area (Å²) in [7, 11) is 0. The molecule has 2 aromatic rings. The normalized spacial score (nSPS) is 28.6. The molecule has 1 amide bonds. The molecule has 2 aromatic heterocycles. The molecule has 5 heterocycles. The van der Waals surface area contributed by atoms with Crippen molar-refractivity contribution in [1.29, 1.82) is 0 Å². The number of hydrogen-bond acceptors (Lipinski definition) is 6. The first-order valence-corrected chi connectivity index (χ1v) is 11.0. The van der Waals surface area contributed by atoms with Gasteiger partial charge < -0.3 is 15.5 Å². The Balaban J connectivity index is 1.34. The van der Waals surface area contributed by atoms with E-state index in [1.807, 2.05) is 24.0 Å². The molecule has 0 spiro atoms. The molecule has 132 valence electrons. The first kappa shape index (κ1) is 15.9. The van der Waals surface area contributed by atoms with E-state index in [0.717, 1.165) is 29.6 Å². The van der Waals surface area contributed by atoms with Crippen LogP contribution in [0.5, 0.6) is 0 Å². The minimum Gasteiger partial charge on any atom is -0.362 e. The number of nitrogens with zero attached hydrogens (tertiary/aromatic N) is 2. The first-order chi connectivity index (χ1) is 12.3. The highest BCUT2D eigenvalue weighted by Crippen LogP contribution is 2.34. The van der Waals surface area contributed by atoms with Crippen molar-refractivity contribution in [3.63, 3.8) is 0 Å². The van der Waals surface area contributed by atoms with E-state index >= 15 is 0 Å². The van der Waals surface area contributed by atoms with Crippen molar-refractivity contribution < 1.29 is 4.79 Å². The molecule has 0 aliphatic carbocycles. The number of amides is 1. The van der Waals surface area contributed by atoms with Gasteiger partial charge in [0.2, 0.25) is 0 Å². The van der Waals surface area contributed by atoms with Crippen molar-refractivity contribution in [3.05, 3.63) is 24.0 Å². The van der Waals surface area contributed by atoms with Gasteiger partial charge in [0, 0.05) is 59.0 Å². The van der Waals surface area contributed by atoms with Gasteiger partial charge in [-0.1, -0.05) is 0 Å². The lowest BCUT2D eigenvalue weighted by Crippen LogP contribution is -2.43. The zero-order chi connectivity index (χ0) is 16.8. The summed E-state index contributed by atoms with van der Waals surface area (Å²) in [5.41, 5.74) is 0.540. The van der Waals surface area contributed by atoms with Gasteiger partial charge in [-0.15, -0.1) is 11.3 Å². The van der Waals surface area contributed by atoms with Crippen molar-refractivity contribution in [2.24, 2.45) is 0 Å². The standard InChI is InChI=1S/C18H22N4OS2/c23-18(21-14-8-12-1-2-13(14)20-12)15-9-16-11(10-19-15)7-17(25-16)22-3-5-24-6-4-22/h7,9-10,12-14,20H,1-6,8H2,(H,21,23)/t12-,13+,14-/m1/s1. The Morgan fingerprint density at radius 2 is 2.16 bits per heavy atom. The van der Waals surface area contributed by atoms with Gasteiger partial charge in [0.05, 0.1) is 5.00 Å². The van der Waals surface area contributed by atoms with Gasteiger partial charge in [0.1, 0.15) is 5.69 Å². The molecule has 5 rings (SSSR count). The zero-order valence-corrected chi connectivity index (χ0v) is 15.7. The Morgan fingerprint density at radius 3 is 2.92 bits per heavy atom. The number of aromatic nitrogens is 1. The molecule has 5 nitrogen and oxygen atoms in total. The highest BCUT2D eigenvalue weighted by molar-refractivity contribution is 7.99. The second-order valence-corrected chi connectivity index (χ2v) is 9.44. The summed E-state index contributed by atoms with van der Waals surface area (Å²) in [5.74, 6) is 2.35. The average Bonchev–Trinajstić information content (AvgIpc) is 3.36. The maximum absolute atomic E-state index is 12.6. The fourth-order valence-corrected chi connectivity index (χ4v) is 6.24. The van der Waals surface area contributed by atoms with E-state index in [4.69, 9.17) is 0 Å². The molecular weight excluding hydrogens is 352 g/mol. The van der Waals surface area contributed by atoms with Crippen molar-refractivity contribution in [3.8, 4) is 0 Å². The van der Waals surface area contributed by atoms with E-state index in [0.29, 0.717) is 17.8 Å². The number of fused-ring (bicyclic) bond motifs is 3. The molecule has 0 saturated carbocycles. The molecule has 0 aromatic carbocycles. The van der Waals surface area contributed by atoms with E-state index < -0.39 is 0 Å². The largest absolute Gasteiger partial charge is 0.362 e. The molecule has 3 aliphatic rings. The van der Waals surface area contributed by atoms with Crippen LogP contribution >= 0.6 is 23.1 Å². The van der Waals surface area contributed by atoms with Gasteiger partial charge in [0.25, 0.3) is 5.91 Å².